The molecule has 1 aromatic carbocycles. The Morgan fingerprint density at radius 1 is 1.35 bits per heavy atom. The number of aliphatic carboxylic acids is 1. The van der Waals surface area contributed by atoms with Crippen molar-refractivity contribution in [2.24, 2.45) is 0 Å². The molecule has 0 aromatic heterocycles. The van der Waals surface area contributed by atoms with Crippen molar-refractivity contribution in [3.8, 4) is 12.3 Å². The Kier molecular flexibility index (Phi) is 5.33. The highest BCUT2D eigenvalue weighted by atomic mass is 16.4. The molecule has 0 heterocycles. The van der Waals surface area contributed by atoms with Gasteiger partial charge in [0.05, 0.1) is 0 Å². The van der Waals surface area contributed by atoms with Gasteiger partial charge in [-0.25, -0.2) is 4.79 Å². The van der Waals surface area contributed by atoms with Crippen LogP contribution in [0.5, 0.6) is 0 Å². The van der Waals surface area contributed by atoms with Crippen LogP contribution >= 0.6 is 0 Å². The van der Waals surface area contributed by atoms with Gasteiger partial charge in [0, 0.05) is 12.0 Å². The zero-order chi connectivity index (χ0) is 12.5. The molecule has 86 valence electrons. The van der Waals surface area contributed by atoms with Gasteiger partial charge in [-0.3, -0.25) is 0 Å². The van der Waals surface area contributed by atoms with Gasteiger partial charge in [0.15, 0.2) is 0 Å². The third-order valence-electron chi connectivity index (χ3n) is 2.26. The van der Waals surface area contributed by atoms with Gasteiger partial charge in [0.1, 0.15) is 0 Å². The fourth-order valence-corrected chi connectivity index (χ4v) is 1.42. The smallest absolute Gasteiger partial charge is 0.328 e. The van der Waals surface area contributed by atoms with Crippen molar-refractivity contribution in [3.05, 3.63) is 60.2 Å². The summed E-state index contributed by atoms with van der Waals surface area (Å²) < 4.78 is 0. The molecular formula is C15H14O2. The highest BCUT2D eigenvalue weighted by Crippen LogP contribution is 2.18. The Labute approximate surface area is 101 Å². The molecule has 0 fully saturated rings. The van der Waals surface area contributed by atoms with E-state index in [1.54, 1.807) is 6.08 Å². The summed E-state index contributed by atoms with van der Waals surface area (Å²) >= 11 is 0. The number of allylic oxidation sites excluding steroid dienone is 3. The quantitative estimate of drug-likeness (QED) is 0.476. The molecule has 0 bridgehead atoms. The summed E-state index contributed by atoms with van der Waals surface area (Å²) in [6.45, 7) is 0. The van der Waals surface area contributed by atoms with E-state index >= 15 is 0 Å². The fourth-order valence-electron chi connectivity index (χ4n) is 1.42. The molecule has 0 radical (unpaired) electrons. The summed E-state index contributed by atoms with van der Waals surface area (Å²) in [7, 11) is 0. The lowest BCUT2D eigenvalue weighted by Gasteiger charge is -2.07. The molecule has 1 atom stereocenters. The predicted molar refractivity (Wildman–Crippen MR) is 68.5 cm³/mol. The Morgan fingerprint density at radius 2 is 2.06 bits per heavy atom. The van der Waals surface area contributed by atoms with Gasteiger partial charge in [0.2, 0.25) is 0 Å². The van der Waals surface area contributed by atoms with Gasteiger partial charge in [0.25, 0.3) is 0 Å². The van der Waals surface area contributed by atoms with Gasteiger partial charge in [-0.2, -0.15) is 0 Å². The first-order chi connectivity index (χ1) is 8.24. The largest absolute Gasteiger partial charge is 0.478 e. The topological polar surface area (TPSA) is 37.3 Å². The van der Waals surface area contributed by atoms with Crippen molar-refractivity contribution in [1.82, 2.24) is 0 Å². The van der Waals surface area contributed by atoms with Crippen molar-refractivity contribution in [2.75, 3.05) is 0 Å². The Balaban J connectivity index is 2.55. The normalized spacial score (nSPS) is 12.6. The highest BCUT2D eigenvalue weighted by Gasteiger charge is 2.04. The van der Waals surface area contributed by atoms with E-state index in [4.69, 9.17) is 11.5 Å². The van der Waals surface area contributed by atoms with Crippen molar-refractivity contribution >= 4 is 5.97 Å². The molecule has 0 saturated carbocycles. The van der Waals surface area contributed by atoms with E-state index in [0.29, 0.717) is 6.42 Å². The Bertz CT molecular complexity index is 450. The van der Waals surface area contributed by atoms with Crippen LogP contribution < -0.4 is 0 Å². The van der Waals surface area contributed by atoms with Crippen LogP contribution in [0.1, 0.15) is 17.9 Å². The maximum absolute atomic E-state index is 10.2. The molecule has 0 amide bonds. The average Bonchev–Trinajstić information content (AvgIpc) is 2.34. The van der Waals surface area contributed by atoms with E-state index < -0.39 is 5.97 Å². The third-order valence-corrected chi connectivity index (χ3v) is 2.26. The Hall–Kier alpha value is -2.27. The molecule has 2 nitrogen and oxygen atoms in total. The lowest BCUT2D eigenvalue weighted by molar-refractivity contribution is -0.131. The van der Waals surface area contributed by atoms with E-state index in [1.165, 1.54) is 6.08 Å². The van der Waals surface area contributed by atoms with Crippen molar-refractivity contribution in [3.63, 3.8) is 0 Å². The molecule has 1 N–H and O–H groups in total. The van der Waals surface area contributed by atoms with Crippen molar-refractivity contribution < 1.29 is 9.90 Å². The molecule has 17 heavy (non-hydrogen) atoms. The van der Waals surface area contributed by atoms with Gasteiger partial charge in [-0.15, -0.1) is 6.42 Å². The van der Waals surface area contributed by atoms with E-state index in [1.807, 2.05) is 36.4 Å². The molecule has 1 rings (SSSR count). The van der Waals surface area contributed by atoms with Gasteiger partial charge >= 0.3 is 5.97 Å². The number of terminal acetylenes is 1. The second-order valence-electron chi connectivity index (χ2n) is 3.49. The maximum Gasteiger partial charge on any atom is 0.328 e. The molecular weight excluding hydrogens is 212 g/mol. The van der Waals surface area contributed by atoms with Gasteiger partial charge in [-0.05, 0) is 12.0 Å². The second kappa shape index (κ2) is 7.08. The van der Waals surface area contributed by atoms with Crippen LogP contribution in [0.3, 0.4) is 0 Å². The number of benzene rings is 1. The summed E-state index contributed by atoms with van der Waals surface area (Å²) in [5, 5.41) is 8.39. The van der Waals surface area contributed by atoms with Crippen LogP contribution in [-0.2, 0) is 4.79 Å². The van der Waals surface area contributed by atoms with Crippen molar-refractivity contribution in [1.29, 1.82) is 0 Å². The minimum absolute atomic E-state index is 0.0330. The zero-order valence-electron chi connectivity index (χ0n) is 9.41. The highest BCUT2D eigenvalue weighted by molar-refractivity contribution is 5.80. The summed E-state index contributed by atoms with van der Waals surface area (Å²) in [5.74, 6) is 1.81. The van der Waals surface area contributed by atoms with Crippen LogP contribution in [0, 0.1) is 12.3 Å². The Morgan fingerprint density at radius 3 is 2.65 bits per heavy atom. The molecule has 1 aromatic rings. The minimum atomic E-state index is -0.953. The number of hydrogen-bond acceptors (Lipinski definition) is 1. The first kappa shape index (κ1) is 12.8. The summed E-state index contributed by atoms with van der Waals surface area (Å²) in [5.41, 5.74) is 1.10. The van der Waals surface area contributed by atoms with Crippen LogP contribution in [0.2, 0.25) is 0 Å². The molecule has 1 unspecified atom stereocenters. The molecule has 0 saturated heterocycles. The molecule has 0 spiro atoms. The van der Waals surface area contributed by atoms with Crippen LogP contribution in [0.15, 0.2) is 54.6 Å². The fraction of sp³-hybridized carbons (Fsp3) is 0.133. The van der Waals surface area contributed by atoms with Gasteiger partial charge in [-0.1, -0.05) is 54.5 Å². The first-order valence-corrected chi connectivity index (χ1v) is 5.31. The van der Waals surface area contributed by atoms with E-state index in [-0.39, 0.29) is 5.92 Å². The SMILES string of the molecule is C#CC(C/C=C/C=C/C(=O)O)c1ccccc1. The second-order valence-corrected chi connectivity index (χ2v) is 3.49. The molecule has 2 heteroatoms. The zero-order valence-corrected chi connectivity index (χ0v) is 9.41. The summed E-state index contributed by atoms with van der Waals surface area (Å²) in [6.07, 6.45) is 12.3. The third kappa shape index (κ3) is 4.85. The number of rotatable bonds is 5. The van der Waals surface area contributed by atoms with Crippen LogP contribution in [0.4, 0.5) is 0 Å². The molecule has 0 aliphatic heterocycles. The molecule has 0 aliphatic rings. The lowest BCUT2D eigenvalue weighted by atomic mass is 9.96. The van der Waals surface area contributed by atoms with E-state index in [0.717, 1.165) is 11.6 Å². The summed E-state index contributed by atoms with van der Waals surface area (Å²) in [6, 6.07) is 9.83. The molecule has 0 aliphatic carbocycles. The average molecular weight is 226 g/mol. The standard InChI is InChI=1S/C15H14O2/c1-2-13(14-10-6-3-7-11-14)9-5-4-8-12-15(16)17/h1,3-8,10-13H,9H2,(H,16,17)/b5-4+,12-8+. The summed E-state index contributed by atoms with van der Waals surface area (Å²) in [4.78, 5) is 10.2. The number of carbonyl (C=O) groups is 1. The van der Waals surface area contributed by atoms with Crippen molar-refractivity contribution in [2.45, 2.75) is 12.3 Å². The monoisotopic (exact) mass is 226 g/mol. The number of hydrogen-bond donors (Lipinski definition) is 1. The predicted octanol–water partition coefficient (Wildman–Crippen LogP) is 2.99. The maximum atomic E-state index is 10.2. The minimum Gasteiger partial charge on any atom is -0.478 e. The first-order valence-electron chi connectivity index (χ1n) is 5.31. The van der Waals surface area contributed by atoms with Gasteiger partial charge < -0.3 is 5.11 Å². The number of carboxylic acids is 1. The van der Waals surface area contributed by atoms with Crippen LogP contribution in [0.25, 0.3) is 0 Å². The van der Waals surface area contributed by atoms with E-state index in [2.05, 4.69) is 5.92 Å². The van der Waals surface area contributed by atoms with Crippen LogP contribution in [-0.4, -0.2) is 11.1 Å². The lowest BCUT2D eigenvalue weighted by Crippen LogP contribution is -1.93. The number of carboxylic acid groups (broad SMARTS) is 1. The van der Waals surface area contributed by atoms with E-state index in [9.17, 15) is 4.79 Å².